The van der Waals surface area contributed by atoms with E-state index in [1.165, 1.54) is 0 Å². The quantitative estimate of drug-likeness (QED) is 0.362. The lowest BCUT2D eigenvalue weighted by atomic mass is 9.84. The number of para-hydroxylation sites is 1. The number of halogens is 1. The molecule has 3 aliphatic heterocycles. The summed E-state index contributed by atoms with van der Waals surface area (Å²) in [6, 6.07) is 23.0. The van der Waals surface area contributed by atoms with E-state index in [-0.39, 0.29) is 18.4 Å². The van der Waals surface area contributed by atoms with Crippen molar-refractivity contribution in [2.24, 2.45) is 0 Å². The van der Waals surface area contributed by atoms with Crippen molar-refractivity contribution in [3.63, 3.8) is 0 Å². The number of aliphatic hydroxyl groups is 1. The van der Waals surface area contributed by atoms with Crippen LogP contribution in [0, 0.1) is 0 Å². The first-order chi connectivity index (χ1) is 21.9. The molecule has 2 amide bonds. The first kappa shape index (κ1) is 31.5. The summed E-state index contributed by atoms with van der Waals surface area (Å²) >= 11 is 6.06. The highest BCUT2D eigenvalue weighted by atomic mass is 35.5. The maximum absolute atomic E-state index is 14.0. The average Bonchev–Trinajstić information content (AvgIpc) is 3.16. The van der Waals surface area contributed by atoms with Crippen molar-refractivity contribution in [3.8, 4) is 0 Å². The van der Waals surface area contributed by atoms with E-state index >= 15 is 0 Å². The minimum absolute atomic E-state index is 0.0507. The fraction of sp³-hybridized carbons (Fsp3) is 0.389. The fourth-order valence-corrected chi connectivity index (χ4v) is 6.71. The van der Waals surface area contributed by atoms with Gasteiger partial charge in [-0.2, -0.15) is 0 Å². The van der Waals surface area contributed by atoms with E-state index in [1.807, 2.05) is 72.8 Å². The largest absolute Gasteiger partial charge is 0.385 e. The first-order valence-corrected chi connectivity index (χ1v) is 16.3. The molecule has 8 nitrogen and oxygen atoms in total. The van der Waals surface area contributed by atoms with E-state index in [0.29, 0.717) is 43.2 Å². The summed E-state index contributed by atoms with van der Waals surface area (Å²) in [5.41, 5.74) is 4.22. The molecule has 0 bridgehead atoms. The molecular weight excluding hydrogens is 588 g/mol. The molecule has 6 rings (SSSR count). The molecule has 0 unspecified atom stereocenters. The molecule has 0 saturated carbocycles. The summed E-state index contributed by atoms with van der Waals surface area (Å²) in [6.07, 6.45) is 4.33. The van der Waals surface area contributed by atoms with Gasteiger partial charge in [0.2, 0.25) is 5.91 Å². The monoisotopic (exact) mass is 628 g/mol. The Morgan fingerprint density at radius 2 is 1.51 bits per heavy atom. The molecule has 3 aromatic rings. The molecule has 0 atom stereocenters. The molecule has 0 aromatic heterocycles. The molecule has 3 aromatic carbocycles. The van der Waals surface area contributed by atoms with Crippen molar-refractivity contribution in [2.75, 3.05) is 70.5 Å². The van der Waals surface area contributed by atoms with Gasteiger partial charge in [0, 0.05) is 62.0 Å². The van der Waals surface area contributed by atoms with E-state index < -0.39 is 5.60 Å². The molecule has 0 spiro atoms. The van der Waals surface area contributed by atoms with Crippen LogP contribution < -0.4 is 10.2 Å². The van der Waals surface area contributed by atoms with E-state index in [4.69, 9.17) is 16.3 Å². The lowest BCUT2D eigenvalue weighted by Gasteiger charge is -2.38. The number of likely N-dealkylation sites (tertiary alicyclic amines) is 1. The second-order valence-corrected chi connectivity index (χ2v) is 12.5. The normalized spacial score (nSPS) is 19.6. The Kier molecular flexibility index (Phi) is 9.97. The van der Waals surface area contributed by atoms with Crippen LogP contribution in [0.25, 0.3) is 5.57 Å². The van der Waals surface area contributed by atoms with Gasteiger partial charge in [-0.25, -0.2) is 0 Å². The number of piperidine rings is 1. The predicted octanol–water partition coefficient (Wildman–Crippen LogP) is 4.55. The van der Waals surface area contributed by atoms with Crippen molar-refractivity contribution >= 4 is 34.7 Å². The van der Waals surface area contributed by atoms with Crippen molar-refractivity contribution in [2.45, 2.75) is 24.9 Å². The maximum atomic E-state index is 14.0. The molecule has 45 heavy (non-hydrogen) atoms. The van der Waals surface area contributed by atoms with Gasteiger partial charge in [-0.15, -0.1) is 0 Å². The van der Waals surface area contributed by atoms with Gasteiger partial charge in [0.15, 0.2) is 0 Å². The Balaban J connectivity index is 1.15. The van der Waals surface area contributed by atoms with E-state index in [1.54, 1.807) is 4.90 Å². The second kappa shape index (κ2) is 14.3. The summed E-state index contributed by atoms with van der Waals surface area (Å²) in [5.74, 6) is -0.359. The highest BCUT2D eigenvalue weighted by Crippen LogP contribution is 2.38. The summed E-state index contributed by atoms with van der Waals surface area (Å²) in [6.45, 7) is 6.82. The van der Waals surface area contributed by atoms with Crippen molar-refractivity contribution < 1.29 is 19.4 Å². The average molecular weight is 629 g/mol. The van der Waals surface area contributed by atoms with Crippen LogP contribution in [0.1, 0.15) is 46.3 Å². The zero-order valence-electron chi connectivity index (χ0n) is 25.6. The number of fused-ring (bicyclic) bond motifs is 2. The molecule has 3 aliphatic rings. The Morgan fingerprint density at radius 3 is 2.24 bits per heavy atom. The first-order valence-electron chi connectivity index (χ1n) is 15.9. The van der Waals surface area contributed by atoms with Crippen molar-refractivity contribution in [3.05, 3.63) is 106 Å². The van der Waals surface area contributed by atoms with Gasteiger partial charge < -0.3 is 20.1 Å². The van der Waals surface area contributed by atoms with Gasteiger partial charge in [0.05, 0.1) is 24.5 Å². The molecule has 2 fully saturated rings. The van der Waals surface area contributed by atoms with E-state index in [9.17, 15) is 14.7 Å². The van der Waals surface area contributed by atoms with Gasteiger partial charge in [0.1, 0.15) is 6.54 Å². The lowest BCUT2D eigenvalue weighted by Crippen LogP contribution is -2.45. The van der Waals surface area contributed by atoms with Gasteiger partial charge in [-0.1, -0.05) is 66.2 Å². The summed E-state index contributed by atoms with van der Waals surface area (Å²) < 4.78 is 5.41. The number of carbonyl (C=O) groups is 2. The molecular formula is C36H41ClN4O4. The highest BCUT2D eigenvalue weighted by Gasteiger charge is 2.34. The van der Waals surface area contributed by atoms with Crippen LogP contribution >= 0.6 is 11.6 Å². The number of rotatable bonds is 9. The number of hydrogen-bond acceptors (Lipinski definition) is 6. The van der Waals surface area contributed by atoms with Crippen LogP contribution in [0.2, 0.25) is 5.02 Å². The van der Waals surface area contributed by atoms with Gasteiger partial charge in [-0.05, 0) is 60.2 Å². The van der Waals surface area contributed by atoms with Gasteiger partial charge in [-0.3, -0.25) is 19.4 Å². The summed E-state index contributed by atoms with van der Waals surface area (Å²) in [7, 11) is 0. The van der Waals surface area contributed by atoms with Crippen LogP contribution in [0.15, 0.2) is 78.9 Å². The van der Waals surface area contributed by atoms with E-state index in [2.05, 4.69) is 21.2 Å². The Hall–Kier alpha value is -3.53. The highest BCUT2D eigenvalue weighted by molar-refractivity contribution is 6.30. The third-order valence-corrected chi connectivity index (χ3v) is 9.44. The van der Waals surface area contributed by atoms with Crippen molar-refractivity contribution in [1.82, 2.24) is 15.1 Å². The Morgan fingerprint density at radius 1 is 0.867 bits per heavy atom. The molecule has 0 aliphatic carbocycles. The third-order valence-electron chi connectivity index (χ3n) is 9.19. The number of ether oxygens (including phenoxy) is 1. The number of nitrogens with zero attached hydrogens (tertiary/aromatic N) is 3. The van der Waals surface area contributed by atoms with Crippen LogP contribution in [0.5, 0.6) is 0 Å². The molecule has 2 N–H and O–H groups in total. The fourth-order valence-electron chi connectivity index (χ4n) is 6.58. The van der Waals surface area contributed by atoms with Crippen LogP contribution in [0.3, 0.4) is 0 Å². The van der Waals surface area contributed by atoms with Gasteiger partial charge >= 0.3 is 0 Å². The summed E-state index contributed by atoms with van der Waals surface area (Å²) in [5, 5.41) is 15.0. The number of amides is 2. The number of anilines is 1. The Bertz CT molecular complexity index is 1530. The topological polar surface area (TPSA) is 85.4 Å². The summed E-state index contributed by atoms with van der Waals surface area (Å²) in [4.78, 5) is 33.4. The van der Waals surface area contributed by atoms with E-state index in [0.717, 1.165) is 73.6 Å². The second-order valence-electron chi connectivity index (χ2n) is 12.0. The number of benzene rings is 3. The predicted molar refractivity (Wildman–Crippen MR) is 178 cm³/mol. The minimum Gasteiger partial charge on any atom is -0.385 e. The van der Waals surface area contributed by atoms with Crippen LogP contribution in [0.4, 0.5) is 5.69 Å². The molecule has 3 heterocycles. The molecule has 9 heteroatoms. The van der Waals surface area contributed by atoms with Gasteiger partial charge in [0.25, 0.3) is 5.91 Å². The number of carbonyl (C=O) groups excluding carboxylic acids is 2. The molecule has 2 saturated heterocycles. The number of morpholine rings is 1. The SMILES string of the molecule is O=C(CN1C(=O)c2ccccc2C(=CCCN2CCC(O)(c3ccc(Cl)cc3)CC2)c2ccccc21)NCCN1CCOCC1. The zero-order valence-corrected chi connectivity index (χ0v) is 26.3. The zero-order chi connectivity index (χ0) is 31.2. The standard InChI is InChI=1S/C36H41ClN4O4/c37-28-13-11-27(12-14-28)36(44)15-19-39(20-16-36)18-5-9-29-30-6-1-2-8-32(30)35(43)41(33-10-4-3-7-31(29)33)26-34(42)38-17-21-40-22-24-45-25-23-40/h1-4,6-14,44H,5,15-26H2,(H,38,42). The molecule has 236 valence electrons. The van der Waals surface area contributed by atoms with Crippen LogP contribution in [-0.4, -0.2) is 92.3 Å². The smallest absolute Gasteiger partial charge is 0.259 e. The van der Waals surface area contributed by atoms with Crippen molar-refractivity contribution in [1.29, 1.82) is 0 Å². The number of hydrogen-bond donors (Lipinski definition) is 2. The lowest BCUT2D eigenvalue weighted by molar-refractivity contribution is -0.119. The van der Waals surface area contributed by atoms with Crippen LogP contribution in [-0.2, 0) is 15.1 Å². The molecule has 0 radical (unpaired) electrons. The minimum atomic E-state index is -0.836. The maximum Gasteiger partial charge on any atom is 0.259 e. The Labute approximate surface area is 270 Å². The third kappa shape index (κ3) is 7.32. The number of nitrogens with one attached hydrogen (secondary N) is 1.